The van der Waals surface area contributed by atoms with E-state index >= 15 is 0 Å². The number of methoxy groups -OCH3 is 3. The highest BCUT2D eigenvalue weighted by Gasteiger charge is 2.18. The third-order valence-corrected chi connectivity index (χ3v) is 14.5. The van der Waals surface area contributed by atoms with Crippen molar-refractivity contribution >= 4 is 67.2 Å². The number of benzene rings is 6. The van der Waals surface area contributed by atoms with Gasteiger partial charge in [0.2, 0.25) is 0 Å². The Hall–Kier alpha value is -8.79. The van der Waals surface area contributed by atoms with E-state index in [4.69, 9.17) is 28.4 Å². The van der Waals surface area contributed by atoms with E-state index < -0.39 is 0 Å². The first-order valence-electron chi connectivity index (χ1n) is 29.6. The molecule has 0 atom stereocenters. The van der Waals surface area contributed by atoms with E-state index in [0.29, 0.717) is 105 Å². The smallest absolute Gasteiger partial charge is 0.163 e. The van der Waals surface area contributed by atoms with E-state index in [0.717, 1.165) is 84.6 Å². The molecule has 0 amide bonds. The Kier molecular flexibility index (Phi) is 23.9. The molecule has 1 fully saturated rings. The van der Waals surface area contributed by atoms with Gasteiger partial charge in [-0.05, 0) is 191 Å². The number of nitrogens with zero attached hydrogens (tertiary/aromatic N) is 9. The van der Waals surface area contributed by atoms with Crippen molar-refractivity contribution in [2.45, 2.75) is 65.7 Å². The number of anilines is 6. The number of aromatic nitrogens is 6. The number of fused-ring (bicyclic) bond motifs is 3. The van der Waals surface area contributed by atoms with Crippen LogP contribution in [0, 0.1) is 38.2 Å². The lowest BCUT2D eigenvalue weighted by atomic mass is 10.2. The van der Waals surface area contributed by atoms with Gasteiger partial charge in [0, 0.05) is 40.9 Å². The summed E-state index contributed by atoms with van der Waals surface area (Å²) in [6.07, 6.45) is 12.0. The van der Waals surface area contributed by atoms with Gasteiger partial charge in [0.1, 0.15) is 53.9 Å². The topological polar surface area (TPSA) is 179 Å². The fourth-order valence-electron chi connectivity index (χ4n) is 9.76. The maximum absolute atomic E-state index is 14.3. The van der Waals surface area contributed by atoms with Gasteiger partial charge in [-0.1, -0.05) is 18.2 Å². The van der Waals surface area contributed by atoms with Gasteiger partial charge in [0.05, 0.1) is 74.8 Å². The highest BCUT2D eigenvalue weighted by molar-refractivity contribution is 5.95. The van der Waals surface area contributed by atoms with E-state index in [-0.39, 0.29) is 17.5 Å². The lowest BCUT2D eigenvalue weighted by molar-refractivity contribution is 0.268. The fourth-order valence-corrected chi connectivity index (χ4v) is 9.76. The Labute approximate surface area is 513 Å². The summed E-state index contributed by atoms with van der Waals surface area (Å²) in [6, 6.07) is 26.1. The second-order valence-electron chi connectivity index (χ2n) is 22.0. The molecule has 0 bridgehead atoms. The Morgan fingerprint density at radius 2 is 0.761 bits per heavy atom. The van der Waals surface area contributed by atoms with E-state index in [2.05, 4.69) is 74.6 Å². The second kappa shape index (κ2) is 32.3. The summed E-state index contributed by atoms with van der Waals surface area (Å²) in [5.74, 6) is 4.23. The van der Waals surface area contributed by atoms with Crippen LogP contribution in [0.2, 0.25) is 0 Å². The third-order valence-electron chi connectivity index (χ3n) is 14.5. The van der Waals surface area contributed by atoms with Crippen LogP contribution in [-0.2, 0) is 0 Å². The molecule has 1 saturated heterocycles. The lowest BCUT2D eigenvalue weighted by Gasteiger charge is -2.15. The summed E-state index contributed by atoms with van der Waals surface area (Å²) in [6.45, 7) is 12.9. The predicted molar refractivity (Wildman–Crippen MR) is 344 cm³/mol. The van der Waals surface area contributed by atoms with Crippen LogP contribution >= 0.6 is 0 Å². The minimum Gasteiger partial charge on any atom is -0.493 e. The molecule has 0 saturated carbocycles. The quantitative estimate of drug-likeness (QED) is 0.0436. The zero-order chi connectivity index (χ0) is 62.5. The SMILES string of the molecule is COc1cc2c(Nc3ccc(C)cc3F)ncnc2cc1OCCCCN(C)C.COc1cc2c(Nc3ccc(C)cc3F)ncnc2cc1OCCCCN1CCCC1.COc1cc2c(Nc3ccc(C)cc3F)ncnc2cc1OCCCN(C)C. The van der Waals surface area contributed by atoms with Crippen LogP contribution in [0.3, 0.4) is 0 Å². The molecule has 1 aliphatic rings. The van der Waals surface area contributed by atoms with Gasteiger partial charge in [-0.3, -0.25) is 0 Å². The maximum atomic E-state index is 14.3. The largest absolute Gasteiger partial charge is 0.493 e. The molecular weight excluding hydrogens is 1130 g/mol. The average molecular weight is 1210 g/mol. The monoisotopic (exact) mass is 1210 g/mol. The molecule has 6 aromatic carbocycles. The van der Waals surface area contributed by atoms with Gasteiger partial charge in [-0.15, -0.1) is 0 Å². The highest BCUT2D eigenvalue weighted by Crippen LogP contribution is 2.38. The van der Waals surface area contributed by atoms with Crippen molar-refractivity contribution in [2.75, 3.05) is 118 Å². The molecule has 88 heavy (non-hydrogen) atoms. The standard InChI is InChI=1S/C24H29FN4O2.C22H27FN4O2.C21H25FN4O2/c1-17-7-8-20(19(25)13-17)28-24-18-14-22(30-2)23(15-21(18)26-16-27-24)31-12-6-5-11-29-9-3-4-10-29;1-15-7-8-18(17(23)11-15)26-22-16-12-20(28-4)21(13-19(16)24-14-25-22)29-10-6-5-9-27(2)3;1-14-6-7-17(16(22)10-14)25-21-15-11-19(27-4)20(12-18(15)23-13-24-21)28-9-5-8-26(2)3/h7-8,13-16H,3-6,9-12H2,1-2H3,(H,26,27,28);7-8,11-14H,5-6,9-10H2,1-4H3,(H,24,25,26);6-7,10-13H,5,8-9H2,1-4H3,(H,23,24,25). The van der Waals surface area contributed by atoms with Crippen LogP contribution < -0.4 is 44.4 Å². The number of rotatable bonds is 26. The first-order valence-corrected chi connectivity index (χ1v) is 29.6. The van der Waals surface area contributed by atoms with Crippen molar-refractivity contribution < 1.29 is 41.6 Å². The van der Waals surface area contributed by atoms with E-state index in [1.807, 2.05) is 89.5 Å². The predicted octanol–water partition coefficient (Wildman–Crippen LogP) is 13.8. The van der Waals surface area contributed by atoms with Crippen LogP contribution in [0.5, 0.6) is 34.5 Å². The number of halogens is 3. The number of unbranched alkanes of at least 4 members (excludes halogenated alkanes) is 2. The molecule has 0 unspecified atom stereocenters. The molecule has 0 radical (unpaired) electrons. The van der Waals surface area contributed by atoms with Gasteiger partial charge >= 0.3 is 0 Å². The molecule has 21 heteroatoms. The summed E-state index contributed by atoms with van der Waals surface area (Å²) in [7, 11) is 13.0. The van der Waals surface area contributed by atoms with Crippen molar-refractivity contribution in [1.82, 2.24) is 44.6 Å². The summed E-state index contributed by atoms with van der Waals surface area (Å²) in [5.41, 5.74) is 5.74. The Bertz CT molecular complexity index is 3740. The van der Waals surface area contributed by atoms with Crippen molar-refractivity contribution in [2.24, 2.45) is 0 Å². The second-order valence-corrected chi connectivity index (χ2v) is 22.0. The van der Waals surface area contributed by atoms with Crippen LogP contribution in [0.25, 0.3) is 32.7 Å². The van der Waals surface area contributed by atoms with Gasteiger partial charge < -0.3 is 59.1 Å². The summed E-state index contributed by atoms with van der Waals surface area (Å²) in [5, 5.41) is 11.4. The first-order chi connectivity index (χ1) is 42.6. The van der Waals surface area contributed by atoms with Crippen LogP contribution in [0.4, 0.5) is 47.7 Å². The highest BCUT2D eigenvalue weighted by atomic mass is 19.1. The summed E-state index contributed by atoms with van der Waals surface area (Å²) >= 11 is 0. The maximum Gasteiger partial charge on any atom is 0.163 e. The minimum atomic E-state index is -0.334. The van der Waals surface area contributed by atoms with Crippen molar-refractivity contribution in [3.05, 3.63) is 144 Å². The van der Waals surface area contributed by atoms with Crippen LogP contribution in [0.1, 0.15) is 61.6 Å². The van der Waals surface area contributed by atoms with Gasteiger partial charge in [0.25, 0.3) is 0 Å². The molecule has 0 spiro atoms. The minimum absolute atomic E-state index is 0.326. The number of hydrogen-bond donors (Lipinski definition) is 3. The number of likely N-dealkylation sites (tertiary alicyclic amines) is 1. The molecule has 3 N–H and O–H groups in total. The molecule has 1 aliphatic heterocycles. The van der Waals surface area contributed by atoms with Crippen molar-refractivity contribution in [3.63, 3.8) is 0 Å². The molecule has 18 nitrogen and oxygen atoms in total. The molecule has 10 rings (SSSR count). The van der Waals surface area contributed by atoms with Gasteiger partial charge in [0.15, 0.2) is 34.5 Å². The van der Waals surface area contributed by atoms with Crippen molar-refractivity contribution in [3.8, 4) is 34.5 Å². The van der Waals surface area contributed by atoms with Gasteiger partial charge in [-0.25, -0.2) is 43.1 Å². The fraction of sp³-hybridized carbons (Fsp3) is 0.373. The molecule has 0 aliphatic carbocycles. The van der Waals surface area contributed by atoms with Gasteiger partial charge in [-0.2, -0.15) is 0 Å². The average Bonchev–Trinajstić information content (AvgIpc) is 2.16. The zero-order valence-electron chi connectivity index (χ0n) is 52.1. The summed E-state index contributed by atoms with van der Waals surface area (Å²) < 4.78 is 77.1. The normalized spacial score (nSPS) is 12.2. The first kappa shape index (κ1) is 65.2. The third kappa shape index (κ3) is 18.4. The number of hydrogen-bond acceptors (Lipinski definition) is 18. The van der Waals surface area contributed by atoms with Crippen LogP contribution in [0.15, 0.2) is 110 Å². The number of aryl methyl sites for hydroxylation is 3. The molecule has 466 valence electrons. The molecular formula is C67H81F3N12O6. The Morgan fingerprint density at radius 1 is 0.420 bits per heavy atom. The molecule has 9 aromatic rings. The van der Waals surface area contributed by atoms with E-state index in [1.165, 1.54) is 63.1 Å². The number of ether oxygens (including phenoxy) is 6. The van der Waals surface area contributed by atoms with Crippen molar-refractivity contribution in [1.29, 1.82) is 0 Å². The lowest BCUT2D eigenvalue weighted by Crippen LogP contribution is -2.20. The molecule has 4 heterocycles. The summed E-state index contributed by atoms with van der Waals surface area (Å²) in [4.78, 5) is 32.7. The Balaban J connectivity index is 0.000000171. The Morgan fingerprint density at radius 3 is 1.10 bits per heavy atom. The van der Waals surface area contributed by atoms with E-state index in [1.54, 1.807) is 39.5 Å². The number of nitrogens with one attached hydrogen (secondary N) is 3. The zero-order valence-corrected chi connectivity index (χ0v) is 52.1. The molecule has 3 aromatic heterocycles. The van der Waals surface area contributed by atoms with E-state index in [9.17, 15) is 13.2 Å². The van der Waals surface area contributed by atoms with Crippen LogP contribution in [-0.4, -0.2) is 147 Å².